The van der Waals surface area contributed by atoms with E-state index in [4.69, 9.17) is 0 Å². The molecule has 1 amide bonds. The normalized spacial score (nSPS) is 21.0. The van der Waals surface area contributed by atoms with E-state index in [0.29, 0.717) is 12.2 Å². The number of rotatable bonds is 3. The van der Waals surface area contributed by atoms with Crippen molar-refractivity contribution in [3.8, 4) is 5.75 Å². The molecule has 3 N–H and O–H groups in total. The number of anilines is 1. The average Bonchev–Trinajstić information content (AvgIpc) is 3.11. The lowest BCUT2D eigenvalue weighted by Crippen LogP contribution is -2.28. The topological polar surface area (TPSA) is 79.2 Å². The molecule has 3 rings (SSSR count). The molecular formula is C16H20N4O2. The van der Waals surface area contributed by atoms with Crippen molar-refractivity contribution in [2.24, 2.45) is 13.0 Å². The van der Waals surface area contributed by atoms with Crippen molar-refractivity contribution in [2.75, 3.05) is 18.4 Å². The van der Waals surface area contributed by atoms with E-state index in [1.807, 2.05) is 26.4 Å². The Morgan fingerprint density at radius 3 is 3.00 bits per heavy atom. The predicted octanol–water partition coefficient (Wildman–Crippen LogP) is 1.38. The van der Waals surface area contributed by atoms with Crippen LogP contribution in [-0.2, 0) is 11.8 Å². The molecule has 116 valence electrons. The second-order valence-corrected chi connectivity index (χ2v) is 5.83. The van der Waals surface area contributed by atoms with Crippen LogP contribution in [0.3, 0.4) is 0 Å². The summed E-state index contributed by atoms with van der Waals surface area (Å²) in [5.41, 5.74) is 2.50. The Balaban J connectivity index is 1.77. The standard InChI is InChI=1S/C16H20N4O2/c1-10-3-4-15(21)14(5-10)19-16(22)13-8-17-7-12(13)11-6-18-20(2)9-11/h3-6,9,12-13,17,21H,7-8H2,1-2H3,(H,19,22)/t12-,13+/m1/s1. The highest BCUT2D eigenvalue weighted by atomic mass is 16.3. The second-order valence-electron chi connectivity index (χ2n) is 5.83. The number of aryl methyl sites for hydroxylation is 2. The van der Waals surface area contributed by atoms with E-state index < -0.39 is 0 Å². The molecule has 2 aromatic rings. The first-order chi connectivity index (χ1) is 10.5. The molecule has 22 heavy (non-hydrogen) atoms. The van der Waals surface area contributed by atoms with Gasteiger partial charge in [0.2, 0.25) is 5.91 Å². The van der Waals surface area contributed by atoms with Crippen LogP contribution >= 0.6 is 0 Å². The summed E-state index contributed by atoms with van der Waals surface area (Å²) in [6.07, 6.45) is 3.75. The van der Waals surface area contributed by atoms with Gasteiger partial charge in [0.25, 0.3) is 0 Å². The molecule has 1 aromatic heterocycles. The fraction of sp³-hybridized carbons (Fsp3) is 0.375. The van der Waals surface area contributed by atoms with Crippen molar-refractivity contribution in [1.29, 1.82) is 0 Å². The highest BCUT2D eigenvalue weighted by molar-refractivity contribution is 5.95. The number of phenols is 1. The van der Waals surface area contributed by atoms with Crippen molar-refractivity contribution in [1.82, 2.24) is 15.1 Å². The number of aromatic hydroxyl groups is 1. The van der Waals surface area contributed by atoms with Gasteiger partial charge in [-0.05, 0) is 30.2 Å². The molecule has 6 nitrogen and oxygen atoms in total. The average molecular weight is 300 g/mol. The Hall–Kier alpha value is -2.34. The number of carbonyl (C=O) groups is 1. The molecule has 0 aliphatic carbocycles. The lowest BCUT2D eigenvalue weighted by Gasteiger charge is -2.17. The van der Waals surface area contributed by atoms with Crippen LogP contribution in [0.1, 0.15) is 17.0 Å². The van der Waals surface area contributed by atoms with Crippen LogP contribution in [0.15, 0.2) is 30.6 Å². The van der Waals surface area contributed by atoms with Crippen molar-refractivity contribution in [2.45, 2.75) is 12.8 Å². The van der Waals surface area contributed by atoms with E-state index in [-0.39, 0.29) is 23.5 Å². The minimum atomic E-state index is -0.177. The van der Waals surface area contributed by atoms with Crippen molar-refractivity contribution in [3.63, 3.8) is 0 Å². The zero-order valence-electron chi connectivity index (χ0n) is 12.7. The lowest BCUT2D eigenvalue weighted by molar-refractivity contribution is -0.119. The first-order valence-electron chi connectivity index (χ1n) is 7.34. The third-order valence-corrected chi connectivity index (χ3v) is 4.11. The zero-order chi connectivity index (χ0) is 15.7. The second kappa shape index (κ2) is 5.81. The minimum Gasteiger partial charge on any atom is -0.506 e. The van der Waals surface area contributed by atoms with Gasteiger partial charge in [-0.15, -0.1) is 0 Å². The predicted molar refractivity (Wildman–Crippen MR) is 83.8 cm³/mol. The molecule has 1 aliphatic rings. The Labute approximate surface area is 129 Å². The smallest absolute Gasteiger partial charge is 0.229 e. The van der Waals surface area contributed by atoms with Crippen LogP contribution in [0.25, 0.3) is 0 Å². The maximum absolute atomic E-state index is 12.6. The number of nitrogens with zero attached hydrogens (tertiary/aromatic N) is 2. The van der Waals surface area contributed by atoms with Gasteiger partial charge in [0, 0.05) is 32.3 Å². The monoisotopic (exact) mass is 300 g/mol. The summed E-state index contributed by atoms with van der Waals surface area (Å²) in [6, 6.07) is 5.17. The Bertz CT molecular complexity index is 695. The molecule has 6 heteroatoms. The molecule has 1 fully saturated rings. The van der Waals surface area contributed by atoms with Crippen molar-refractivity contribution >= 4 is 11.6 Å². The summed E-state index contributed by atoms with van der Waals surface area (Å²) in [4.78, 5) is 12.6. The van der Waals surface area contributed by atoms with E-state index >= 15 is 0 Å². The van der Waals surface area contributed by atoms with Gasteiger partial charge in [0.1, 0.15) is 5.75 Å². The van der Waals surface area contributed by atoms with Gasteiger partial charge >= 0.3 is 0 Å². The fourth-order valence-corrected chi connectivity index (χ4v) is 2.91. The molecule has 0 saturated carbocycles. The first kappa shape index (κ1) is 14.6. The molecule has 1 aliphatic heterocycles. The number of nitrogens with one attached hydrogen (secondary N) is 2. The van der Waals surface area contributed by atoms with Gasteiger partial charge < -0.3 is 15.7 Å². The number of benzene rings is 1. The molecule has 0 bridgehead atoms. The van der Waals surface area contributed by atoms with Crippen LogP contribution < -0.4 is 10.6 Å². The van der Waals surface area contributed by atoms with E-state index in [0.717, 1.165) is 17.7 Å². The highest BCUT2D eigenvalue weighted by Crippen LogP contribution is 2.30. The van der Waals surface area contributed by atoms with Gasteiger partial charge in [-0.2, -0.15) is 5.10 Å². The Kier molecular flexibility index (Phi) is 3.85. The number of hydrogen-bond acceptors (Lipinski definition) is 4. The zero-order valence-corrected chi connectivity index (χ0v) is 12.7. The van der Waals surface area contributed by atoms with Gasteiger partial charge in [-0.1, -0.05) is 6.07 Å². The maximum Gasteiger partial charge on any atom is 0.229 e. The van der Waals surface area contributed by atoms with E-state index in [9.17, 15) is 9.90 Å². The summed E-state index contributed by atoms with van der Waals surface area (Å²) in [5.74, 6) is -0.0765. The minimum absolute atomic E-state index is 0.0836. The van der Waals surface area contributed by atoms with E-state index in [2.05, 4.69) is 15.7 Å². The molecule has 0 unspecified atom stereocenters. The summed E-state index contributed by atoms with van der Waals surface area (Å²) >= 11 is 0. The van der Waals surface area contributed by atoms with Gasteiger partial charge in [-0.25, -0.2) is 0 Å². The molecule has 1 saturated heterocycles. The largest absolute Gasteiger partial charge is 0.506 e. The summed E-state index contributed by atoms with van der Waals surface area (Å²) < 4.78 is 1.75. The third-order valence-electron chi connectivity index (χ3n) is 4.11. The maximum atomic E-state index is 12.6. The Morgan fingerprint density at radius 2 is 2.27 bits per heavy atom. The first-order valence-corrected chi connectivity index (χ1v) is 7.34. The van der Waals surface area contributed by atoms with Crippen LogP contribution in [0, 0.1) is 12.8 Å². The number of aromatic nitrogens is 2. The summed E-state index contributed by atoms with van der Waals surface area (Å²) in [6.45, 7) is 3.30. The third kappa shape index (κ3) is 2.82. The van der Waals surface area contributed by atoms with Gasteiger partial charge in [0.05, 0.1) is 17.8 Å². The molecule has 2 atom stereocenters. The summed E-state index contributed by atoms with van der Waals surface area (Å²) in [5, 5.41) is 20.2. The van der Waals surface area contributed by atoms with Gasteiger partial charge in [-0.3, -0.25) is 9.48 Å². The number of amides is 1. The lowest BCUT2D eigenvalue weighted by atomic mass is 9.90. The van der Waals surface area contributed by atoms with Crippen LogP contribution in [0.2, 0.25) is 0 Å². The molecule has 0 spiro atoms. The van der Waals surface area contributed by atoms with E-state index in [1.165, 1.54) is 0 Å². The van der Waals surface area contributed by atoms with Crippen molar-refractivity contribution in [3.05, 3.63) is 41.7 Å². The molecule has 0 radical (unpaired) electrons. The van der Waals surface area contributed by atoms with E-state index in [1.54, 1.807) is 22.9 Å². The van der Waals surface area contributed by atoms with Crippen LogP contribution in [-0.4, -0.2) is 33.9 Å². The number of phenolic OH excluding ortho intramolecular Hbond substituents is 1. The van der Waals surface area contributed by atoms with Crippen molar-refractivity contribution < 1.29 is 9.90 Å². The van der Waals surface area contributed by atoms with Crippen LogP contribution in [0.5, 0.6) is 5.75 Å². The highest BCUT2D eigenvalue weighted by Gasteiger charge is 2.34. The molecule has 1 aromatic carbocycles. The summed E-state index contributed by atoms with van der Waals surface area (Å²) in [7, 11) is 1.87. The Morgan fingerprint density at radius 1 is 1.45 bits per heavy atom. The fourth-order valence-electron chi connectivity index (χ4n) is 2.91. The number of carbonyl (C=O) groups excluding carboxylic acids is 1. The molecular weight excluding hydrogens is 280 g/mol. The van der Waals surface area contributed by atoms with Crippen LogP contribution in [0.4, 0.5) is 5.69 Å². The SMILES string of the molecule is Cc1ccc(O)c(NC(=O)[C@H]2CNC[C@@H]2c2cnn(C)c2)c1. The quantitative estimate of drug-likeness (QED) is 0.748. The van der Waals surface area contributed by atoms with Gasteiger partial charge in [0.15, 0.2) is 0 Å². The number of hydrogen-bond donors (Lipinski definition) is 3. The molecule has 2 heterocycles.